The summed E-state index contributed by atoms with van der Waals surface area (Å²) in [6.07, 6.45) is 4.37. The number of thioether (sulfide) groups is 1. The third kappa shape index (κ3) is 3.39. The van der Waals surface area contributed by atoms with Gasteiger partial charge in [0.2, 0.25) is 0 Å². The van der Waals surface area contributed by atoms with E-state index in [1.54, 1.807) is 14.7 Å². The largest absolute Gasteiger partial charge is 0.282 e. The van der Waals surface area contributed by atoms with Crippen LogP contribution < -0.4 is 5.56 Å². The Kier molecular flexibility index (Phi) is 4.91. The van der Waals surface area contributed by atoms with E-state index >= 15 is 0 Å². The minimum Gasteiger partial charge on any atom is -0.268 e. The Balaban J connectivity index is 1.56. The Bertz CT molecular complexity index is 802. The van der Waals surface area contributed by atoms with Crippen molar-refractivity contribution in [3.63, 3.8) is 0 Å². The second kappa shape index (κ2) is 7.02. The lowest BCUT2D eigenvalue weighted by atomic mass is 10.2. The molecule has 0 bridgehead atoms. The van der Waals surface area contributed by atoms with Crippen LogP contribution in [0.25, 0.3) is 0 Å². The summed E-state index contributed by atoms with van der Waals surface area (Å²) >= 11 is 1.82. The number of rotatable bonds is 4. The Morgan fingerprint density at radius 3 is 2.80 bits per heavy atom. The molecule has 0 spiro atoms. The van der Waals surface area contributed by atoms with Crippen LogP contribution in [0.3, 0.4) is 0 Å². The fraction of sp³-hybridized carbons (Fsp3) is 0.750. The molecule has 2 fully saturated rings. The molecule has 0 amide bonds. The third-order valence-electron chi connectivity index (χ3n) is 5.30. The van der Waals surface area contributed by atoms with Crippen molar-refractivity contribution in [3.05, 3.63) is 27.7 Å². The predicted octanol–water partition coefficient (Wildman–Crippen LogP) is 0.838. The molecule has 9 heteroatoms. The van der Waals surface area contributed by atoms with Gasteiger partial charge in [-0.1, -0.05) is 0 Å². The van der Waals surface area contributed by atoms with Crippen LogP contribution in [0.1, 0.15) is 36.9 Å². The van der Waals surface area contributed by atoms with Gasteiger partial charge in [-0.05, 0) is 37.0 Å². The van der Waals surface area contributed by atoms with E-state index in [1.165, 1.54) is 4.68 Å². The average Bonchev–Trinajstić information content (AvgIpc) is 3.27. The third-order valence-corrected chi connectivity index (χ3v) is 8.40. The molecule has 0 aliphatic carbocycles. The van der Waals surface area contributed by atoms with Gasteiger partial charge in [-0.3, -0.25) is 4.79 Å². The summed E-state index contributed by atoms with van der Waals surface area (Å²) < 4.78 is 30.5. The molecule has 4 heterocycles. The minimum atomic E-state index is -3.42. The van der Waals surface area contributed by atoms with Crippen molar-refractivity contribution in [1.29, 1.82) is 0 Å². The summed E-state index contributed by atoms with van der Waals surface area (Å²) in [6, 6.07) is 1.51. The Labute approximate surface area is 152 Å². The molecule has 0 N–H and O–H groups in total. The van der Waals surface area contributed by atoms with Crippen LogP contribution in [0.5, 0.6) is 0 Å². The molecule has 1 aromatic heterocycles. The van der Waals surface area contributed by atoms with Gasteiger partial charge >= 0.3 is 0 Å². The Hall–Kier alpha value is -0.900. The molecular weight excluding hydrogens is 360 g/mol. The van der Waals surface area contributed by atoms with Gasteiger partial charge in [0.25, 0.3) is 15.8 Å². The molecule has 4 rings (SSSR count). The van der Waals surface area contributed by atoms with Crippen molar-refractivity contribution >= 4 is 22.0 Å². The van der Waals surface area contributed by atoms with E-state index in [0.29, 0.717) is 26.2 Å². The van der Waals surface area contributed by atoms with Gasteiger partial charge in [-0.2, -0.15) is 33.9 Å². The number of aromatic nitrogens is 2. The van der Waals surface area contributed by atoms with E-state index in [1.807, 2.05) is 11.8 Å². The quantitative estimate of drug-likeness (QED) is 0.769. The molecule has 3 aliphatic rings. The van der Waals surface area contributed by atoms with Crippen LogP contribution >= 0.6 is 11.8 Å². The molecular formula is C16H24N4O3S2. The second-order valence-corrected chi connectivity index (χ2v) is 9.95. The molecule has 1 atom stereocenters. The van der Waals surface area contributed by atoms with Crippen molar-refractivity contribution < 1.29 is 8.42 Å². The highest BCUT2D eigenvalue weighted by Gasteiger charge is 2.39. The average molecular weight is 385 g/mol. The van der Waals surface area contributed by atoms with Crippen molar-refractivity contribution in [3.8, 4) is 0 Å². The summed E-state index contributed by atoms with van der Waals surface area (Å²) in [5, 5.41) is 4.55. The first-order chi connectivity index (χ1) is 12.1. The van der Waals surface area contributed by atoms with Crippen molar-refractivity contribution in [2.45, 2.75) is 50.4 Å². The maximum Gasteiger partial charge on any atom is 0.282 e. The monoisotopic (exact) mass is 384 g/mol. The van der Waals surface area contributed by atoms with E-state index in [-0.39, 0.29) is 11.6 Å². The maximum absolute atomic E-state index is 12.9. The standard InChI is InChI=1S/C16H24N4O3S2/c21-16-10-13-12-24-9-5-15(13)17-19(16)11-14-4-3-8-20(14)25(22,23)18-6-1-2-7-18/h10,14H,1-9,11-12H2. The summed E-state index contributed by atoms with van der Waals surface area (Å²) in [5.74, 6) is 1.87. The van der Waals surface area contributed by atoms with Gasteiger partial charge in [0.1, 0.15) is 0 Å². The summed E-state index contributed by atoms with van der Waals surface area (Å²) in [4.78, 5) is 12.4. The van der Waals surface area contributed by atoms with E-state index in [4.69, 9.17) is 0 Å². The lowest BCUT2D eigenvalue weighted by Crippen LogP contribution is -2.47. The topological polar surface area (TPSA) is 75.5 Å². The zero-order valence-electron chi connectivity index (χ0n) is 14.3. The zero-order chi connectivity index (χ0) is 17.4. The lowest BCUT2D eigenvalue weighted by Gasteiger charge is -2.28. The number of fused-ring (bicyclic) bond motifs is 1. The Morgan fingerprint density at radius 1 is 1.20 bits per heavy atom. The van der Waals surface area contributed by atoms with E-state index in [2.05, 4.69) is 5.10 Å². The highest BCUT2D eigenvalue weighted by atomic mass is 32.2. The highest BCUT2D eigenvalue weighted by molar-refractivity contribution is 7.98. The molecule has 2 saturated heterocycles. The van der Waals surface area contributed by atoms with Crippen molar-refractivity contribution in [2.24, 2.45) is 0 Å². The minimum absolute atomic E-state index is 0.119. The van der Waals surface area contributed by atoms with E-state index in [9.17, 15) is 13.2 Å². The fourth-order valence-corrected chi connectivity index (χ4v) is 6.82. The first-order valence-corrected chi connectivity index (χ1v) is 11.6. The van der Waals surface area contributed by atoms with Gasteiger partial charge < -0.3 is 0 Å². The SMILES string of the molecule is O=c1cc2c(nn1CC1CCCN1S(=O)(=O)N1CCCC1)CCSC2. The number of hydrogen-bond donors (Lipinski definition) is 0. The van der Waals surface area contributed by atoms with Crippen LogP contribution in [0, 0.1) is 0 Å². The Morgan fingerprint density at radius 2 is 2.00 bits per heavy atom. The molecule has 7 nitrogen and oxygen atoms in total. The second-order valence-electron chi connectivity index (χ2n) is 6.96. The smallest absolute Gasteiger partial charge is 0.268 e. The van der Waals surface area contributed by atoms with E-state index < -0.39 is 10.2 Å². The molecule has 0 radical (unpaired) electrons. The molecule has 3 aliphatic heterocycles. The molecule has 1 unspecified atom stereocenters. The predicted molar refractivity (Wildman–Crippen MR) is 97.8 cm³/mol. The van der Waals surface area contributed by atoms with Crippen molar-refractivity contribution in [2.75, 3.05) is 25.4 Å². The molecule has 138 valence electrons. The number of hydrogen-bond acceptors (Lipinski definition) is 5. The lowest BCUT2D eigenvalue weighted by molar-refractivity contribution is 0.308. The summed E-state index contributed by atoms with van der Waals surface area (Å²) in [5.41, 5.74) is 1.91. The maximum atomic E-state index is 12.9. The molecule has 25 heavy (non-hydrogen) atoms. The van der Waals surface area contributed by atoms with Gasteiger partial charge in [0.05, 0.1) is 12.2 Å². The van der Waals surface area contributed by atoms with Gasteiger partial charge in [-0.15, -0.1) is 0 Å². The molecule has 0 saturated carbocycles. The van der Waals surface area contributed by atoms with Crippen LogP contribution in [-0.4, -0.2) is 58.2 Å². The zero-order valence-corrected chi connectivity index (χ0v) is 15.9. The van der Waals surface area contributed by atoms with Crippen LogP contribution in [0.4, 0.5) is 0 Å². The van der Waals surface area contributed by atoms with E-state index in [0.717, 1.165) is 54.9 Å². The normalized spacial score (nSPS) is 25.4. The van der Waals surface area contributed by atoms with Gasteiger partial charge in [0.15, 0.2) is 0 Å². The molecule has 0 aromatic carbocycles. The van der Waals surface area contributed by atoms with Crippen LogP contribution in [0.2, 0.25) is 0 Å². The first-order valence-electron chi connectivity index (χ1n) is 9.00. The van der Waals surface area contributed by atoms with Gasteiger partial charge in [-0.25, -0.2) is 4.68 Å². The van der Waals surface area contributed by atoms with Crippen LogP contribution in [-0.2, 0) is 28.9 Å². The summed E-state index contributed by atoms with van der Waals surface area (Å²) in [7, 11) is -3.42. The van der Waals surface area contributed by atoms with Gasteiger partial charge in [0, 0.05) is 43.9 Å². The number of nitrogens with zero attached hydrogens (tertiary/aromatic N) is 4. The molecule has 1 aromatic rings. The fourth-order valence-electron chi connectivity index (χ4n) is 3.95. The van der Waals surface area contributed by atoms with Crippen molar-refractivity contribution in [1.82, 2.24) is 18.4 Å². The number of aryl methyl sites for hydroxylation is 1. The summed E-state index contributed by atoms with van der Waals surface area (Å²) in [6.45, 7) is 2.12. The highest BCUT2D eigenvalue weighted by Crippen LogP contribution is 2.27. The van der Waals surface area contributed by atoms with Crippen LogP contribution in [0.15, 0.2) is 10.9 Å². The first kappa shape index (κ1) is 17.5.